The fourth-order valence-corrected chi connectivity index (χ4v) is 3.60. The second-order valence-electron chi connectivity index (χ2n) is 6.76. The van der Waals surface area contributed by atoms with Gasteiger partial charge in [0.15, 0.2) is 5.58 Å². The number of amides is 1. The van der Waals surface area contributed by atoms with Crippen LogP contribution in [-0.4, -0.2) is 28.2 Å². The van der Waals surface area contributed by atoms with Crippen LogP contribution in [0.2, 0.25) is 0 Å². The van der Waals surface area contributed by atoms with E-state index in [1.807, 2.05) is 25.1 Å². The maximum Gasteiger partial charge on any atom is 0.275 e. The number of ether oxygens (including phenoxy) is 2. The van der Waals surface area contributed by atoms with E-state index in [0.717, 1.165) is 11.8 Å². The lowest BCUT2D eigenvalue weighted by atomic mass is 10.2. The number of para-hydroxylation sites is 2. The minimum Gasteiger partial charge on any atom is -0.494 e. The number of benzene rings is 3. The Morgan fingerprint density at radius 2 is 1.85 bits per heavy atom. The summed E-state index contributed by atoms with van der Waals surface area (Å²) in [7, 11) is 0. The lowest BCUT2D eigenvalue weighted by Crippen LogP contribution is -2.14. The molecule has 0 atom stereocenters. The molecule has 0 fully saturated rings. The second-order valence-corrected chi connectivity index (χ2v) is 7.69. The molecule has 0 aliphatic heterocycles. The van der Waals surface area contributed by atoms with Gasteiger partial charge in [-0.2, -0.15) is 0 Å². The summed E-state index contributed by atoms with van der Waals surface area (Å²) in [5.41, 5.74) is 1.37. The second kappa shape index (κ2) is 10.0. The van der Waals surface area contributed by atoms with Crippen molar-refractivity contribution in [3.05, 3.63) is 76.8 Å². The molecule has 0 aliphatic carbocycles. The topological polar surface area (TPSA) is 117 Å². The minimum absolute atomic E-state index is 0.0184. The summed E-state index contributed by atoms with van der Waals surface area (Å²) in [6, 6.07) is 18.2. The number of hydrogen-bond donors (Lipinski definition) is 1. The van der Waals surface area contributed by atoms with Gasteiger partial charge in [-0.25, -0.2) is 4.98 Å². The van der Waals surface area contributed by atoms with Crippen molar-refractivity contribution < 1.29 is 23.6 Å². The normalized spacial score (nSPS) is 10.7. The van der Waals surface area contributed by atoms with Gasteiger partial charge >= 0.3 is 0 Å². The molecule has 10 heteroatoms. The molecule has 9 nitrogen and oxygen atoms in total. The molecule has 0 saturated carbocycles. The van der Waals surface area contributed by atoms with Gasteiger partial charge in [-0.05, 0) is 43.3 Å². The number of nitrogens with zero attached hydrogens (tertiary/aromatic N) is 2. The average molecular weight is 465 g/mol. The zero-order valence-corrected chi connectivity index (χ0v) is 18.3. The van der Waals surface area contributed by atoms with Crippen LogP contribution in [0.15, 0.2) is 76.4 Å². The first kappa shape index (κ1) is 22.2. The van der Waals surface area contributed by atoms with E-state index in [0.29, 0.717) is 34.4 Å². The highest BCUT2D eigenvalue weighted by atomic mass is 32.2. The molecule has 0 saturated heterocycles. The molecule has 0 aliphatic rings. The van der Waals surface area contributed by atoms with Crippen molar-refractivity contribution >= 4 is 40.1 Å². The standard InChI is InChI=1S/C23H19N3O6S/c1-2-30-17-7-9-18(10-8-17)31-19-12-15(11-16(13-19)26(28)29)24-22(27)14-33-23-25-20-5-3-4-6-21(20)32-23/h3-13H,2,14H2,1H3,(H,24,27). The summed E-state index contributed by atoms with van der Waals surface area (Å²) in [6.45, 7) is 2.42. The van der Waals surface area contributed by atoms with Gasteiger partial charge < -0.3 is 19.2 Å². The van der Waals surface area contributed by atoms with Crippen molar-refractivity contribution in [3.63, 3.8) is 0 Å². The lowest BCUT2D eigenvalue weighted by Gasteiger charge is -2.10. The van der Waals surface area contributed by atoms with Crippen LogP contribution in [0.1, 0.15) is 6.92 Å². The summed E-state index contributed by atoms with van der Waals surface area (Å²) in [4.78, 5) is 27.5. The Hall–Kier alpha value is -4.05. The molecule has 4 rings (SSSR count). The van der Waals surface area contributed by atoms with Crippen LogP contribution in [0.3, 0.4) is 0 Å². The van der Waals surface area contributed by atoms with E-state index in [-0.39, 0.29) is 28.8 Å². The van der Waals surface area contributed by atoms with Crippen molar-refractivity contribution in [2.45, 2.75) is 12.1 Å². The Morgan fingerprint density at radius 1 is 1.09 bits per heavy atom. The van der Waals surface area contributed by atoms with E-state index in [9.17, 15) is 14.9 Å². The molecule has 1 N–H and O–H groups in total. The third-order valence-corrected chi connectivity index (χ3v) is 5.19. The summed E-state index contributed by atoms with van der Waals surface area (Å²) >= 11 is 1.13. The number of oxazole rings is 1. The van der Waals surface area contributed by atoms with Gasteiger partial charge in [0.25, 0.3) is 10.9 Å². The van der Waals surface area contributed by atoms with Crippen molar-refractivity contribution in [1.82, 2.24) is 4.98 Å². The number of hydrogen-bond acceptors (Lipinski definition) is 8. The molecular formula is C23H19N3O6S. The van der Waals surface area contributed by atoms with E-state index in [2.05, 4.69) is 10.3 Å². The van der Waals surface area contributed by atoms with Gasteiger partial charge in [0.1, 0.15) is 22.8 Å². The first-order valence-corrected chi connectivity index (χ1v) is 11.0. The number of nitrogens with one attached hydrogen (secondary N) is 1. The molecule has 4 aromatic rings. The summed E-state index contributed by atoms with van der Waals surface area (Å²) in [6.07, 6.45) is 0. The largest absolute Gasteiger partial charge is 0.494 e. The third kappa shape index (κ3) is 5.80. The monoisotopic (exact) mass is 465 g/mol. The van der Waals surface area contributed by atoms with Gasteiger partial charge in [-0.1, -0.05) is 23.9 Å². The summed E-state index contributed by atoms with van der Waals surface area (Å²) in [5, 5.41) is 14.4. The van der Waals surface area contributed by atoms with Crippen LogP contribution in [0.4, 0.5) is 11.4 Å². The van der Waals surface area contributed by atoms with Crippen molar-refractivity contribution in [1.29, 1.82) is 0 Å². The predicted octanol–water partition coefficient (Wildman–Crippen LogP) is 5.66. The Morgan fingerprint density at radius 3 is 2.58 bits per heavy atom. The molecule has 3 aromatic carbocycles. The van der Waals surface area contributed by atoms with Crippen molar-refractivity contribution in [2.24, 2.45) is 0 Å². The van der Waals surface area contributed by atoms with Gasteiger partial charge in [0, 0.05) is 12.1 Å². The van der Waals surface area contributed by atoms with Crippen molar-refractivity contribution in [2.75, 3.05) is 17.7 Å². The van der Waals surface area contributed by atoms with Gasteiger partial charge in [-0.3, -0.25) is 14.9 Å². The molecule has 33 heavy (non-hydrogen) atoms. The number of carbonyl (C=O) groups excluding carboxylic acids is 1. The maximum atomic E-state index is 12.4. The molecule has 0 bridgehead atoms. The molecular weight excluding hydrogens is 446 g/mol. The lowest BCUT2D eigenvalue weighted by molar-refractivity contribution is -0.384. The number of anilines is 1. The number of fused-ring (bicyclic) bond motifs is 1. The number of rotatable bonds is 9. The van der Waals surface area contributed by atoms with Gasteiger partial charge in [0.2, 0.25) is 5.91 Å². The number of aromatic nitrogens is 1. The molecule has 1 heterocycles. The molecule has 0 radical (unpaired) electrons. The Bertz CT molecular complexity index is 1260. The number of carbonyl (C=O) groups is 1. The molecule has 1 aromatic heterocycles. The highest BCUT2D eigenvalue weighted by Gasteiger charge is 2.14. The van der Waals surface area contributed by atoms with Crippen molar-refractivity contribution in [3.8, 4) is 17.2 Å². The summed E-state index contributed by atoms with van der Waals surface area (Å²) in [5.74, 6) is 1.03. The maximum absolute atomic E-state index is 12.4. The van der Waals surface area contributed by atoms with Gasteiger partial charge in [-0.15, -0.1) is 0 Å². The highest BCUT2D eigenvalue weighted by molar-refractivity contribution is 7.99. The van der Waals surface area contributed by atoms with Gasteiger partial charge in [0.05, 0.1) is 29.0 Å². The van der Waals surface area contributed by atoms with Crippen LogP contribution < -0.4 is 14.8 Å². The highest BCUT2D eigenvalue weighted by Crippen LogP contribution is 2.31. The number of nitro groups is 1. The van der Waals surface area contributed by atoms with Crippen LogP contribution in [-0.2, 0) is 4.79 Å². The Kier molecular flexibility index (Phi) is 6.75. The third-order valence-electron chi connectivity index (χ3n) is 4.36. The fraction of sp³-hybridized carbons (Fsp3) is 0.130. The Labute approximate surface area is 192 Å². The van der Waals surface area contributed by atoms with E-state index >= 15 is 0 Å². The van der Waals surface area contributed by atoms with E-state index in [1.165, 1.54) is 18.2 Å². The molecule has 1 amide bonds. The first-order valence-electron chi connectivity index (χ1n) is 9.98. The average Bonchev–Trinajstić information content (AvgIpc) is 3.22. The SMILES string of the molecule is CCOc1ccc(Oc2cc(NC(=O)CSc3nc4ccccc4o3)cc([N+](=O)[O-])c2)cc1. The van der Waals surface area contributed by atoms with Crippen LogP contribution >= 0.6 is 11.8 Å². The van der Waals surface area contributed by atoms with Crippen LogP contribution in [0.25, 0.3) is 11.1 Å². The van der Waals surface area contributed by atoms with E-state index < -0.39 is 4.92 Å². The predicted molar refractivity (Wildman–Crippen MR) is 124 cm³/mol. The van der Waals surface area contributed by atoms with E-state index in [4.69, 9.17) is 13.9 Å². The smallest absolute Gasteiger partial charge is 0.275 e. The summed E-state index contributed by atoms with van der Waals surface area (Å²) < 4.78 is 16.7. The molecule has 168 valence electrons. The zero-order valence-electron chi connectivity index (χ0n) is 17.5. The fourth-order valence-electron chi connectivity index (χ4n) is 2.96. The Balaban J connectivity index is 1.44. The molecule has 0 spiro atoms. The zero-order chi connectivity index (χ0) is 23.2. The van der Waals surface area contributed by atoms with Crippen LogP contribution in [0.5, 0.6) is 17.2 Å². The number of nitro benzene ring substituents is 1. The minimum atomic E-state index is -0.548. The number of non-ortho nitro benzene ring substituents is 1. The van der Waals surface area contributed by atoms with E-state index in [1.54, 1.807) is 30.3 Å². The first-order chi connectivity index (χ1) is 16.0. The van der Waals surface area contributed by atoms with Crippen LogP contribution in [0, 0.1) is 10.1 Å². The number of thioether (sulfide) groups is 1. The molecule has 0 unspecified atom stereocenters. The quantitative estimate of drug-likeness (QED) is 0.191.